The number of nitrogens with zero attached hydrogens (tertiary/aromatic N) is 1. The van der Waals surface area contributed by atoms with Gasteiger partial charge in [-0.1, -0.05) is 35.3 Å². The second-order valence-electron chi connectivity index (χ2n) is 5.38. The van der Waals surface area contributed by atoms with Crippen LogP contribution in [0.3, 0.4) is 0 Å². The molecule has 1 saturated heterocycles. The first kappa shape index (κ1) is 15.1. The lowest BCUT2D eigenvalue weighted by molar-refractivity contribution is 0.138. The number of nitrogens with two attached hydrogens (primary N) is 1. The average Bonchev–Trinajstić information content (AvgIpc) is 2.42. The van der Waals surface area contributed by atoms with E-state index in [4.69, 9.17) is 28.9 Å². The van der Waals surface area contributed by atoms with E-state index in [0.717, 1.165) is 37.5 Å². The first-order chi connectivity index (χ1) is 9.13. The van der Waals surface area contributed by atoms with Crippen molar-refractivity contribution in [2.75, 3.05) is 19.6 Å². The van der Waals surface area contributed by atoms with Gasteiger partial charge in [0.15, 0.2) is 0 Å². The Morgan fingerprint density at radius 2 is 2.00 bits per heavy atom. The van der Waals surface area contributed by atoms with Crippen molar-refractivity contribution in [2.45, 2.75) is 32.2 Å². The van der Waals surface area contributed by atoms with Gasteiger partial charge < -0.3 is 5.73 Å². The molecule has 106 valence electrons. The molecule has 1 unspecified atom stereocenters. The Labute approximate surface area is 125 Å². The van der Waals surface area contributed by atoms with E-state index in [1.165, 1.54) is 12.8 Å². The molecule has 1 aliphatic heterocycles. The molecule has 1 aliphatic rings. The van der Waals surface area contributed by atoms with Crippen LogP contribution in [0.25, 0.3) is 0 Å². The van der Waals surface area contributed by atoms with E-state index in [1.807, 2.05) is 12.1 Å². The van der Waals surface area contributed by atoms with Gasteiger partial charge in [-0.3, -0.25) is 4.90 Å². The molecule has 2 nitrogen and oxygen atoms in total. The number of rotatable bonds is 4. The van der Waals surface area contributed by atoms with Crippen molar-refractivity contribution in [2.24, 2.45) is 11.7 Å². The second kappa shape index (κ2) is 6.94. The summed E-state index contributed by atoms with van der Waals surface area (Å²) < 4.78 is 0. The van der Waals surface area contributed by atoms with Gasteiger partial charge in [0.2, 0.25) is 0 Å². The molecule has 1 aromatic rings. The van der Waals surface area contributed by atoms with Gasteiger partial charge in [-0.05, 0) is 63.4 Å². The molecule has 2 N–H and O–H groups in total. The van der Waals surface area contributed by atoms with E-state index < -0.39 is 0 Å². The van der Waals surface area contributed by atoms with Crippen LogP contribution in [0.1, 0.15) is 37.8 Å². The summed E-state index contributed by atoms with van der Waals surface area (Å²) in [5, 5.41) is 1.34. The van der Waals surface area contributed by atoms with E-state index in [0.29, 0.717) is 16.1 Å². The van der Waals surface area contributed by atoms with Crippen molar-refractivity contribution in [3.05, 3.63) is 33.8 Å². The van der Waals surface area contributed by atoms with Crippen LogP contribution in [0.5, 0.6) is 0 Å². The van der Waals surface area contributed by atoms with Crippen LogP contribution >= 0.6 is 23.2 Å². The maximum Gasteiger partial charge on any atom is 0.0640 e. The predicted octanol–water partition coefficient (Wildman–Crippen LogP) is 4.12. The zero-order chi connectivity index (χ0) is 13.8. The topological polar surface area (TPSA) is 29.3 Å². The largest absolute Gasteiger partial charge is 0.330 e. The van der Waals surface area contributed by atoms with E-state index in [1.54, 1.807) is 0 Å². The highest BCUT2D eigenvalue weighted by atomic mass is 35.5. The van der Waals surface area contributed by atoms with E-state index in [2.05, 4.69) is 17.9 Å². The van der Waals surface area contributed by atoms with Gasteiger partial charge in [0.1, 0.15) is 0 Å². The molecule has 0 spiro atoms. The third-order valence-electron chi connectivity index (χ3n) is 4.20. The van der Waals surface area contributed by atoms with Crippen molar-refractivity contribution in [3.63, 3.8) is 0 Å². The lowest BCUT2D eigenvalue weighted by Crippen LogP contribution is -2.36. The molecule has 19 heavy (non-hydrogen) atoms. The van der Waals surface area contributed by atoms with Crippen LogP contribution in [0.15, 0.2) is 18.2 Å². The molecule has 1 heterocycles. The smallest absolute Gasteiger partial charge is 0.0640 e. The molecule has 0 amide bonds. The zero-order valence-electron chi connectivity index (χ0n) is 11.4. The lowest BCUT2D eigenvalue weighted by atomic mass is 9.92. The summed E-state index contributed by atoms with van der Waals surface area (Å²) in [6.07, 6.45) is 3.62. The number of hydrogen-bond acceptors (Lipinski definition) is 2. The van der Waals surface area contributed by atoms with Crippen molar-refractivity contribution in [1.82, 2.24) is 4.90 Å². The van der Waals surface area contributed by atoms with Crippen LogP contribution in [-0.4, -0.2) is 24.5 Å². The standard InChI is InChI=1S/C15H22Cl2N2/c1-11(13-3-2-4-14(16)15(13)17)19-9-6-12(5-8-18)7-10-19/h2-4,11-12H,5-10,18H2,1H3. The fourth-order valence-electron chi connectivity index (χ4n) is 2.90. The van der Waals surface area contributed by atoms with Gasteiger partial charge in [0, 0.05) is 6.04 Å². The van der Waals surface area contributed by atoms with Crippen molar-refractivity contribution < 1.29 is 0 Å². The van der Waals surface area contributed by atoms with Crippen LogP contribution in [-0.2, 0) is 0 Å². The molecule has 0 bridgehead atoms. The molecular weight excluding hydrogens is 279 g/mol. The Hall–Kier alpha value is -0.280. The minimum absolute atomic E-state index is 0.324. The van der Waals surface area contributed by atoms with Crippen LogP contribution in [0.2, 0.25) is 10.0 Å². The van der Waals surface area contributed by atoms with E-state index >= 15 is 0 Å². The third kappa shape index (κ3) is 3.63. The maximum absolute atomic E-state index is 6.31. The van der Waals surface area contributed by atoms with Crippen LogP contribution in [0, 0.1) is 5.92 Å². The predicted molar refractivity (Wildman–Crippen MR) is 82.8 cm³/mol. The summed E-state index contributed by atoms with van der Waals surface area (Å²) in [4.78, 5) is 2.49. The van der Waals surface area contributed by atoms with E-state index in [-0.39, 0.29) is 0 Å². The molecule has 0 aromatic heterocycles. The second-order valence-corrected chi connectivity index (χ2v) is 6.16. The van der Waals surface area contributed by atoms with Gasteiger partial charge in [-0.2, -0.15) is 0 Å². The van der Waals surface area contributed by atoms with Crippen LogP contribution < -0.4 is 5.73 Å². The number of piperidine rings is 1. The van der Waals surface area contributed by atoms with Crippen molar-refractivity contribution in [3.8, 4) is 0 Å². The maximum atomic E-state index is 6.31. The minimum Gasteiger partial charge on any atom is -0.330 e. The van der Waals surface area contributed by atoms with Gasteiger partial charge >= 0.3 is 0 Å². The monoisotopic (exact) mass is 300 g/mol. The molecule has 0 saturated carbocycles. The summed E-state index contributed by atoms with van der Waals surface area (Å²) in [6.45, 7) is 5.25. The highest BCUT2D eigenvalue weighted by Crippen LogP contribution is 2.34. The van der Waals surface area contributed by atoms with Gasteiger partial charge in [-0.25, -0.2) is 0 Å². The summed E-state index contributed by atoms with van der Waals surface area (Å²) in [5.74, 6) is 0.795. The SMILES string of the molecule is CC(c1cccc(Cl)c1Cl)N1CCC(CCN)CC1. The number of halogens is 2. The molecule has 2 rings (SSSR count). The molecule has 0 aliphatic carbocycles. The summed E-state index contributed by atoms with van der Waals surface area (Å²) in [7, 11) is 0. The Kier molecular flexibility index (Phi) is 5.52. The van der Waals surface area contributed by atoms with Gasteiger partial charge in [0.05, 0.1) is 10.0 Å². The quantitative estimate of drug-likeness (QED) is 0.906. The first-order valence-corrected chi connectivity index (χ1v) is 7.77. The van der Waals surface area contributed by atoms with Gasteiger partial charge in [0.25, 0.3) is 0 Å². The van der Waals surface area contributed by atoms with Crippen molar-refractivity contribution >= 4 is 23.2 Å². The molecule has 1 fully saturated rings. The summed E-state index contributed by atoms with van der Waals surface area (Å²) in [5.41, 5.74) is 6.77. The molecule has 0 radical (unpaired) electrons. The lowest BCUT2D eigenvalue weighted by Gasteiger charge is -2.36. The van der Waals surface area contributed by atoms with Crippen molar-refractivity contribution in [1.29, 1.82) is 0 Å². The fourth-order valence-corrected chi connectivity index (χ4v) is 3.37. The molecule has 1 aromatic carbocycles. The Morgan fingerprint density at radius 3 is 2.63 bits per heavy atom. The van der Waals surface area contributed by atoms with Crippen LogP contribution in [0.4, 0.5) is 0 Å². The zero-order valence-corrected chi connectivity index (χ0v) is 12.9. The first-order valence-electron chi connectivity index (χ1n) is 7.01. The number of benzene rings is 1. The Balaban J connectivity index is 2.01. The summed E-state index contributed by atoms with van der Waals surface area (Å²) >= 11 is 12.4. The van der Waals surface area contributed by atoms with Gasteiger partial charge in [-0.15, -0.1) is 0 Å². The summed E-state index contributed by atoms with van der Waals surface area (Å²) in [6, 6.07) is 6.21. The fraction of sp³-hybridized carbons (Fsp3) is 0.600. The highest BCUT2D eigenvalue weighted by Gasteiger charge is 2.24. The highest BCUT2D eigenvalue weighted by molar-refractivity contribution is 6.42. The normalized spacial score (nSPS) is 19.6. The Morgan fingerprint density at radius 1 is 1.32 bits per heavy atom. The van der Waals surface area contributed by atoms with E-state index in [9.17, 15) is 0 Å². The molecule has 1 atom stereocenters. The Bertz CT molecular complexity index is 415. The average molecular weight is 301 g/mol. The number of likely N-dealkylation sites (tertiary alicyclic amines) is 1. The minimum atomic E-state index is 0.324. The molecule has 4 heteroatoms. The third-order valence-corrected chi connectivity index (χ3v) is 5.04. The number of hydrogen-bond donors (Lipinski definition) is 1. The molecular formula is C15H22Cl2N2.